The molecule has 2 aromatic carbocycles. The maximum absolute atomic E-state index is 13.3. The smallest absolute Gasteiger partial charge is 0.276 e. The Balaban J connectivity index is 1.68. The number of carbonyl (C=O) groups excluding carboxylic acids is 1. The summed E-state index contributed by atoms with van der Waals surface area (Å²) >= 11 is 0. The molecular weight excluding hydrogens is 377 g/mol. The van der Waals surface area contributed by atoms with E-state index < -0.39 is 4.92 Å². The highest BCUT2D eigenvalue weighted by Crippen LogP contribution is 2.22. The molecule has 0 radical (unpaired) electrons. The average Bonchev–Trinajstić information content (AvgIpc) is 2.74. The molecule has 7 nitrogen and oxygen atoms in total. The van der Waals surface area contributed by atoms with E-state index in [4.69, 9.17) is 4.74 Å². The number of benzene rings is 2. The van der Waals surface area contributed by atoms with Gasteiger partial charge >= 0.3 is 0 Å². The number of rotatable bonds is 7. The topological polar surface area (TPSA) is 84.7 Å². The lowest BCUT2D eigenvalue weighted by Crippen LogP contribution is -2.43. The van der Waals surface area contributed by atoms with Gasteiger partial charge < -0.3 is 10.1 Å². The molecule has 1 amide bonds. The summed E-state index contributed by atoms with van der Waals surface area (Å²) in [6.45, 7) is 2.95. The molecule has 2 aromatic rings. The summed E-state index contributed by atoms with van der Waals surface area (Å²) < 4.78 is 18.7. The lowest BCUT2D eigenvalue weighted by molar-refractivity contribution is -0.385. The normalized spacial score (nSPS) is 15.9. The minimum atomic E-state index is -0.486. The first-order valence-corrected chi connectivity index (χ1v) is 9.31. The Morgan fingerprint density at radius 3 is 2.59 bits per heavy atom. The zero-order chi connectivity index (χ0) is 20.6. The number of nitrogens with zero attached hydrogens (tertiary/aromatic N) is 2. The number of morpholine rings is 1. The fourth-order valence-electron chi connectivity index (χ4n) is 3.25. The van der Waals surface area contributed by atoms with E-state index in [2.05, 4.69) is 10.2 Å². The van der Waals surface area contributed by atoms with Crippen LogP contribution >= 0.6 is 0 Å². The fourth-order valence-corrected chi connectivity index (χ4v) is 3.25. The summed E-state index contributed by atoms with van der Waals surface area (Å²) in [5.74, 6) is -0.672. The van der Waals surface area contributed by atoms with E-state index in [1.54, 1.807) is 30.3 Å². The summed E-state index contributed by atoms with van der Waals surface area (Å²) in [7, 11) is 0. The molecule has 0 saturated carbocycles. The number of nitro benzene ring substituents is 1. The highest BCUT2D eigenvalue weighted by Gasteiger charge is 2.23. The number of ether oxygens (including phenoxy) is 1. The number of carbonyl (C=O) groups is 1. The van der Waals surface area contributed by atoms with Crippen LogP contribution in [0.2, 0.25) is 0 Å². The van der Waals surface area contributed by atoms with E-state index in [-0.39, 0.29) is 23.5 Å². The number of halogens is 1. The van der Waals surface area contributed by atoms with Crippen molar-refractivity contribution in [1.29, 1.82) is 0 Å². The number of nitrogens with one attached hydrogen (secondary N) is 1. The zero-order valence-corrected chi connectivity index (χ0v) is 15.8. The van der Waals surface area contributed by atoms with Gasteiger partial charge in [0.15, 0.2) is 0 Å². The third kappa shape index (κ3) is 5.69. The first-order valence-electron chi connectivity index (χ1n) is 9.31. The summed E-state index contributed by atoms with van der Waals surface area (Å²) in [6, 6.07) is 12.3. The Labute approximate surface area is 167 Å². The predicted octanol–water partition coefficient (Wildman–Crippen LogP) is 2.94. The quantitative estimate of drug-likeness (QED) is 0.440. The molecule has 29 heavy (non-hydrogen) atoms. The number of para-hydroxylation sites is 1. The van der Waals surface area contributed by atoms with Gasteiger partial charge in [-0.15, -0.1) is 0 Å². The van der Waals surface area contributed by atoms with Crippen molar-refractivity contribution in [3.05, 3.63) is 81.7 Å². The third-order valence-corrected chi connectivity index (χ3v) is 4.76. The summed E-state index contributed by atoms with van der Waals surface area (Å²) in [5, 5.41) is 13.9. The summed E-state index contributed by atoms with van der Waals surface area (Å²) in [4.78, 5) is 25.1. The Bertz CT molecular complexity index is 880. The Kier molecular flexibility index (Phi) is 7.04. The largest absolute Gasteiger partial charge is 0.379 e. The van der Waals surface area contributed by atoms with Crippen molar-refractivity contribution < 1.29 is 18.8 Å². The molecule has 152 valence electrons. The standard InChI is InChI=1S/C21H22FN3O4/c22-18-8-5-17(6-9-18)20(24-11-13-29-14-12-24)15-23-21(26)10-7-16-3-1-2-4-19(16)25(27)28/h1-10,20H,11-15H2,(H,23,26)/b10-7+. The van der Waals surface area contributed by atoms with Crippen LogP contribution in [0.1, 0.15) is 17.2 Å². The van der Waals surface area contributed by atoms with Crippen molar-refractivity contribution >= 4 is 17.7 Å². The molecular formula is C21H22FN3O4. The van der Waals surface area contributed by atoms with Crippen LogP contribution in [-0.4, -0.2) is 48.6 Å². The monoisotopic (exact) mass is 399 g/mol. The van der Waals surface area contributed by atoms with Gasteiger partial charge in [0, 0.05) is 31.8 Å². The van der Waals surface area contributed by atoms with Gasteiger partial charge in [0.05, 0.1) is 29.7 Å². The number of hydrogen-bond acceptors (Lipinski definition) is 5. The molecule has 1 fully saturated rings. The molecule has 3 rings (SSSR count). The minimum absolute atomic E-state index is 0.0611. The van der Waals surface area contributed by atoms with Gasteiger partial charge in [-0.3, -0.25) is 19.8 Å². The molecule has 0 aliphatic carbocycles. The SMILES string of the molecule is O=C(/C=C/c1ccccc1[N+](=O)[O-])NCC(c1ccc(F)cc1)N1CCOCC1. The molecule has 1 saturated heterocycles. The second-order valence-electron chi connectivity index (χ2n) is 6.61. The van der Waals surface area contributed by atoms with Gasteiger partial charge in [-0.2, -0.15) is 0 Å². The molecule has 1 atom stereocenters. The second kappa shape index (κ2) is 9.90. The first kappa shape index (κ1) is 20.6. The fraction of sp³-hybridized carbons (Fsp3) is 0.286. The highest BCUT2D eigenvalue weighted by atomic mass is 19.1. The molecule has 0 aromatic heterocycles. The molecule has 1 heterocycles. The van der Waals surface area contributed by atoms with Crippen LogP contribution in [-0.2, 0) is 9.53 Å². The lowest BCUT2D eigenvalue weighted by Gasteiger charge is -2.34. The van der Waals surface area contributed by atoms with E-state index in [0.717, 1.165) is 5.56 Å². The summed E-state index contributed by atoms with van der Waals surface area (Å²) in [6.07, 6.45) is 2.71. The van der Waals surface area contributed by atoms with Gasteiger partial charge in [0.1, 0.15) is 5.82 Å². The maximum atomic E-state index is 13.3. The summed E-state index contributed by atoms with van der Waals surface area (Å²) in [5.41, 5.74) is 1.20. The van der Waals surface area contributed by atoms with E-state index in [0.29, 0.717) is 38.4 Å². The first-order chi connectivity index (χ1) is 14.0. The third-order valence-electron chi connectivity index (χ3n) is 4.76. The van der Waals surface area contributed by atoms with E-state index in [1.165, 1.54) is 30.4 Å². The number of nitro groups is 1. The lowest BCUT2D eigenvalue weighted by atomic mass is 10.0. The van der Waals surface area contributed by atoms with Crippen LogP contribution in [0.3, 0.4) is 0 Å². The average molecular weight is 399 g/mol. The van der Waals surface area contributed by atoms with Gasteiger partial charge in [0.2, 0.25) is 5.91 Å². The molecule has 0 spiro atoms. The van der Waals surface area contributed by atoms with Gasteiger partial charge in [0.25, 0.3) is 5.69 Å². The van der Waals surface area contributed by atoms with Crippen LogP contribution in [0.4, 0.5) is 10.1 Å². The molecule has 8 heteroatoms. The van der Waals surface area contributed by atoms with Crippen molar-refractivity contribution in [2.45, 2.75) is 6.04 Å². The molecule has 0 bridgehead atoms. The van der Waals surface area contributed by atoms with Gasteiger partial charge in [-0.1, -0.05) is 24.3 Å². The highest BCUT2D eigenvalue weighted by molar-refractivity contribution is 5.92. The van der Waals surface area contributed by atoms with Crippen molar-refractivity contribution in [2.75, 3.05) is 32.8 Å². The van der Waals surface area contributed by atoms with Crippen molar-refractivity contribution in [2.24, 2.45) is 0 Å². The molecule has 1 N–H and O–H groups in total. The number of amides is 1. The van der Waals surface area contributed by atoms with Crippen molar-refractivity contribution in [3.63, 3.8) is 0 Å². The zero-order valence-electron chi connectivity index (χ0n) is 15.8. The van der Waals surface area contributed by atoms with Gasteiger partial charge in [-0.25, -0.2) is 4.39 Å². The van der Waals surface area contributed by atoms with Crippen LogP contribution in [0.25, 0.3) is 6.08 Å². The van der Waals surface area contributed by atoms with Crippen molar-refractivity contribution in [3.8, 4) is 0 Å². The van der Waals surface area contributed by atoms with E-state index in [1.807, 2.05) is 0 Å². The minimum Gasteiger partial charge on any atom is -0.379 e. The Hall–Kier alpha value is -3.10. The Morgan fingerprint density at radius 2 is 1.90 bits per heavy atom. The van der Waals surface area contributed by atoms with E-state index >= 15 is 0 Å². The van der Waals surface area contributed by atoms with Gasteiger partial charge in [-0.05, 0) is 29.8 Å². The van der Waals surface area contributed by atoms with Crippen molar-refractivity contribution in [1.82, 2.24) is 10.2 Å². The van der Waals surface area contributed by atoms with Crippen LogP contribution in [0, 0.1) is 15.9 Å². The Morgan fingerprint density at radius 1 is 1.21 bits per heavy atom. The molecule has 1 unspecified atom stereocenters. The van der Waals surface area contributed by atoms with Crippen LogP contribution in [0.15, 0.2) is 54.6 Å². The predicted molar refractivity (Wildman–Crippen MR) is 107 cm³/mol. The molecule has 1 aliphatic heterocycles. The maximum Gasteiger partial charge on any atom is 0.276 e. The van der Waals surface area contributed by atoms with Crippen LogP contribution < -0.4 is 5.32 Å². The number of hydrogen-bond donors (Lipinski definition) is 1. The van der Waals surface area contributed by atoms with E-state index in [9.17, 15) is 19.3 Å². The second-order valence-corrected chi connectivity index (χ2v) is 6.61. The molecule has 1 aliphatic rings. The van der Waals surface area contributed by atoms with Crippen LogP contribution in [0.5, 0.6) is 0 Å².